The van der Waals surface area contributed by atoms with Gasteiger partial charge in [-0.3, -0.25) is 10.1 Å². The number of thiophene rings is 1. The summed E-state index contributed by atoms with van der Waals surface area (Å²) in [6.45, 7) is 3.96. The molecule has 0 aliphatic heterocycles. The van der Waals surface area contributed by atoms with Gasteiger partial charge in [-0.25, -0.2) is 0 Å². The standard InChI is InChI=1S/C16H20N2OS/c1-11-6-8-13(9-7-11)15(14-5-4-10-20-14)18-12(2)16(19)17-3/h4-10,12,15,18H,1-3H3,(H,17,19)/t12-,15-/m0/s1. The Balaban J connectivity index is 2.26. The highest BCUT2D eigenvalue weighted by molar-refractivity contribution is 7.10. The van der Waals surface area contributed by atoms with Crippen molar-refractivity contribution in [3.8, 4) is 0 Å². The van der Waals surface area contributed by atoms with Crippen LogP contribution in [0.5, 0.6) is 0 Å². The van der Waals surface area contributed by atoms with Crippen molar-refractivity contribution in [2.45, 2.75) is 25.9 Å². The van der Waals surface area contributed by atoms with Crippen molar-refractivity contribution in [2.75, 3.05) is 7.05 Å². The summed E-state index contributed by atoms with van der Waals surface area (Å²) in [6, 6.07) is 12.4. The number of hydrogen-bond acceptors (Lipinski definition) is 3. The van der Waals surface area contributed by atoms with E-state index < -0.39 is 0 Å². The number of carbonyl (C=O) groups is 1. The van der Waals surface area contributed by atoms with Gasteiger partial charge in [0, 0.05) is 11.9 Å². The predicted octanol–water partition coefficient (Wildman–Crippen LogP) is 2.87. The number of nitrogens with one attached hydrogen (secondary N) is 2. The zero-order valence-corrected chi connectivity index (χ0v) is 12.8. The predicted molar refractivity (Wildman–Crippen MR) is 84.0 cm³/mol. The summed E-state index contributed by atoms with van der Waals surface area (Å²) in [4.78, 5) is 12.9. The van der Waals surface area contributed by atoms with Crippen molar-refractivity contribution in [3.63, 3.8) is 0 Å². The van der Waals surface area contributed by atoms with Gasteiger partial charge in [0.2, 0.25) is 5.91 Å². The van der Waals surface area contributed by atoms with Crippen LogP contribution in [0.4, 0.5) is 0 Å². The van der Waals surface area contributed by atoms with Crippen LogP contribution >= 0.6 is 11.3 Å². The molecule has 2 atom stereocenters. The van der Waals surface area contributed by atoms with Crippen LogP contribution in [0.3, 0.4) is 0 Å². The highest BCUT2D eigenvalue weighted by atomic mass is 32.1. The number of hydrogen-bond donors (Lipinski definition) is 2. The van der Waals surface area contributed by atoms with Crippen LogP contribution < -0.4 is 10.6 Å². The van der Waals surface area contributed by atoms with Crippen LogP contribution in [-0.4, -0.2) is 19.0 Å². The molecule has 3 nitrogen and oxygen atoms in total. The zero-order valence-electron chi connectivity index (χ0n) is 12.0. The molecule has 0 unspecified atom stereocenters. The molecular formula is C16H20N2OS. The molecule has 1 heterocycles. The van der Waals surface area contributed by atoms with Crippen LogP contribution in [0.25, 0.3) is 0 Å². The molecule has 4 heteroatoms. The summed E-state index contributed by atoms with van der Waals surface area (Å²) in [7, 11) is 1.66. The maximum Gasteiger partial charge on any atom is 0.236 e. The lowest BCUT2D eigenvalue weighted by atomic mass is 10.0. The van der Waals surface area contributed by atoms with Crippen molar-refractivity contribution in [1.82, 2.24) is 10.6 Å². The first-order valence-corrected chi connectivity index (χ1v) is 7.57. The molecule has 0 radical (unpaired) electrons. The molecule has 0 bridgehead atoms. The van der Waals surface area contributed by atoms with Gasteiger partial charge in [-0.15, -0.1) is 11.3 Å². The van der Waals surface area contributed by atoms with Crippen molar-refractivity contribution < 1.29 is 4.79 Å². The van der Waals surface area contributed by atoms with Crippen molar-refractivity contribution in [1.29, 1.82) is 0 Å². The summed E-state index contributed by atoms with van der Waals surface area (Å²) in [5.41, 5.74) is 2.41. The van der Waals surface area contributed by atoms with E-state index in [1.54, 1.807) is 18.4 Å². The molecule has 1 aromatic carbocycles. The maximum absolute atomic E-state index is 11.7. The van der Waals surface area contributed by atoms with Crippen LogP contribution in [-0.2, 0) is 4.79 Å². The fourth-order valence-corrected chi connectivity index (χ4v) is 2.91. The van der Waals surface area contributed by atoms with Gasteiger partial charge in [-0.1, -0.05) is 35.9 Å². The number of carbonyl (C=O) groups excluding carboxylic acids is 1. The van der Waals surface area contributed by atoms with Gasteiger partial charge in [0.15, 0.2) is 0 Å². The average Bonchev–Trinajstić information content (AvgIpc) is 2.98. The van der Waals surface area contributed by atoms with Crippen molar-refractivity contribution in [3.05, 3.63) is 57.8 Å². The number of aryl methyl sites for hydroxylation is 1. The molecule has 2 rings (SSSR count). The molecule has 0 spiro atoms. The first-order valence-electron chi connectivity index (χ1n) is 6.69. The minimum absolute atomic E-state index is 0.00123. The maximum atomic E-state index is 11.7. The second-order valence-electron chi connectivity index (χ2n) is 4.86. The lowest BCUT2D eigenvalue weighted by Crippen LogP contribution is -2.42. The second kappa shape index (κ2) is 6.68. The van der Waals surface area contributed by atoms with Gasteiger partial charge in [0.05, 0.1) is 12.1 Å². The quantitative estimate of drug-likeness (QED) is 0.888. The summed E-state index contributed by atoms with van der Waals surface area (Å²) in [5.74, 6) is -0.00123. The van der Waals surface area contributed by atoms with E-state index in [0.717, 1.165) is 0 Å². The molecule has 0 aliphatic carbocycles. The number of benzene rings is 1. The molecule has 0 saturated carbocycles. The smallest absolute Gasteiger partial charge is 0.236 e. The first-order chi connectivity index (χ1) is 9.61. The monoisotopic (exact) mass is 288 g/mol. The molecule has 1 amide bonds. The molecule has 1 aromatic heterocycles. The molecule has 0 fully saturated rings. The van der Waals surface area contributed by atoms with Gasteiger partial charge in [0.1, 0.15) is 0 Å². The van der Waals surface area contributed by atoms with E-state index in [9.17, 15) is 4.79 Å². The zero-order chi connectivity index (χ0) is 14.5. The van der Waals surface area contributed by atoms with E-state index in [2.05, 4.69) is 53.3 Å². The van der Waals surface area contributed by atoms with Gasteiger partial charge in [0.25, 0.3) is 0 Å². The van der Waals surface area contributed by atoms with Crippen molar-refractivity contribution in [2.24, 2.45) is 0 Å². The van der Waals surface area contributed by atoms with E-state index in [1.807, 2.05) is 13.0 Å². The van der Waals surface area contributed by atoms with Crippen LogP contribution in [0.1, 0.15) is 29.0 Å². The highest BCUT2D eigenvalue weighted by Crippen LogP contribution is 2.26. The Morgan fingerprint density at radius 3 is 2.45 bits per heavy atom. The third-order valence-electron chi connectivity index (χ3n) is 3.29. The third-order valence-corrected chi connectivity index (χ3v) is 4.23. The van der Waals surface area contributed by atoms with E-state index in [1.165, 1.54) is 16.0 Å². The molecule has 106 valence electrons. The number of amides is 1. The summed E-state index contributed by atoms with van der Waals surface area (Å²) in [6.07, 6.45) is 0. The van der Waals surface area contributed by atoms with Crippen molar-refractivity contribution >= 4 is 17.2 Å². The Morgan fingerprint density at radius 1 is 1.20 bits per heavy atom. The SMILES string of the molecule is CNC(=O)[C@H](C)N[C@@H](c1ccc(C)cc1)c1cccs1. The minimum atomic E-state index is -0.242. The average molecular weight is 288 g/mol. The lowest BCUT2D eigenvalue weighted by molar-refractivity contribution is -0.122. The lowest BCUT2D eigenvalue weighted by Gasteiger charge is -2.22. The molecule has 20 heavy (non-hydrogen) atoms. The fraction of sp³-hybridized carbons (Fsp3) is 0.312. The highest BCUT2D eigenvalue weighted by Gasteiger charge is 2.20. The molecule has 2 aromatic rings. The van der Waals surface area contributed by atoms with E-state index >= 15 is 0 Å². The normalized spacial score (nSPS) is 13.8. The van der Waals surface area contributed by atoms with Gasteiger partial charge >= 0.3 is 0 Å². The third kappa shape index (κ3) is 3.46. The van der Waals surface area contributed by atoms with E-state index in [0.29, 0.717) is 0 Å². The summed E-state index contributed by atoms with van der Waals surface area (Å²) < 4.78 is 0. The number of rotatable bonds is 5. The first kappa shape index (κ1) is 14.8. The Kier molecular flexibility index (Phi) is 4.93. The van der Waals surface area contributed by atoms with E-state index in [4.69, 9.17) is 0 Å². The Morgan fingerprint density at radius 2 is 1.90 bits per heavy atom. The van der Waals surface area contributed by atoms with Gasteiger partial charge in [-0.05, 0) is 30.9 Å². The largest absolute Gasteiger partial charge is 0.358 e. The Bertz CT molecular complexity index is 548. The molecular weight excluding hydrogens is 268 g/mol. The Hall–Kier alpha value is -1.65. The van der Waals surface area contributed by atoms with Gasteiger partial charge < -0.3 is 5.32 Å². The topological polar surface area (TPSA) is 41.1 Å². The summed E-state index contributed by atoms with van der Waals surface area (Å²) >= 11 is 1.70. The van der Waals surface area contributed by atoms with Crippen LogP contribution in [0, 0.1) is 6.92 Å². The van der Waals surface area contributed by atoms with Crippen LogP contribution in [0.15, 0.2) is 41.8 Å². The molecule has 2 N–H and O–H groups in total. The molecule has 0 saturated heterocycles. The Labute approximate surface area is 124 Å². The van der Waals surface area contributed by atoms with Crippen LogP contribution in [0.2, 0.25) is 0 Å². The van der Waals surface area contributed by atoms with Gasteiger partial charge in [-0.2, -0.15) is 0 Å². The fourth-order valence-electron chi connectivity index (χ4n) is 2.10. The minimum Gasteiger partial charge on any atom is -0.358 e. The van der Waals surface area contributed by atoms with E-state index in [-0.39, 0.29) is 18.0 Å². The molecule has 0 aliphatic rings. The summed E-state index contributed by atoms with van der Waals surface area (Å²) in [5, 5.41) is 8.14. The second-order valence-corrected chi connectivity index (χ2v) is 5.84. The number of likely N-dealkylation sites (N-methyl/N-ethyl adjacent to an activating group) is 1.